The van der Waals surface area contributed by atoms with E-state index in [0.29, 0.717) is 17.1 Å². The van der Waals surface area contributed by atoms with Crippen LogP contribution in [0.2, 0.25) is 0 Å². The van der Waals surface area contributed by atoms with Gasteiger partial charge in [0, 0.05) is 27.4 Å². The molecule has 1 fully saturated rings. The van der Waals surface area contributed by atoms with Crippen molar-refractivity contribution in [2.75, 3.05) is 0 Å². The zero-order valence-corrected chi connectivity index (χ0v) is 19.6. The molecule has 1 unspecified atom stereocenters. The van der Waals surface area contributed by atoms with Crippen molar-refractivity contribution in [2.24, 2.45) is 0 Å². The lowest BCUT2D eigenvalue weighted by Crippen LogP contribution is -2.12. The van der Waals surface area contributed by atoms with E-state index in [2.05, 4.69) is 31.9 Å². The fraction of sp³-hybridized carbons (Fsp3) is 0.217. The summed E-state index contributed by atoms with van der Waals surface area (Å²) >= 11 is 4.71. The second-order valence-electron chi connectivity index (χ2n) is 7.80. The molecule has 32 heavy (non-hydrogen) atoms. The number of nitrogens with zero attached hydrogens (tertiary/aromatic N) is 4. The molecule has 0 amide bonds. The van der Waals surface area contributed by atoms with Gasteiger partial charge in [0.05, 0.1) is 10.6 Å². The van der Waals surface area contributed by atoms with Crippen molar-refractivity contribution in [2.45, 2.75) is 36.1 Å². The van der Waals surface area contributed by atoms with Crippen LogP contribution >= 0.6 is 34.4 Å². The SMILES string of the molecule is CC(Sc1nnc(C2CC2)n1-c1ccccc1)c1nc2scc(-c3cccs3)c2c(=O)[nH]1. The topological polar surface area (TPSA) is 76.5 Å². The van der Waals surface area contributed by atoms with Crippen molar-refractivity contribution in [3.05, 3.63) is 75.2 Å². The molecule has 1 aromatic carbocycles. The minimum Gasteiger partial charge on any atom is -0.309 e. The van der Waals surface area contributed by atoms with E-state index in [0.717, 1.165) is 44.8 Å². The summed E-state index contributed by atoms with van der Waals surface area (Å²) in [6, 6.07) is 14.2. The molecular formula is C23H19N5OS3. The standard InChI is InChI=1S/C23H19N5OS3/c1-13(19-24-21(29)18-16(12-31-22(18)25-19)17-8-5-11-30-17)32-23-27-26-20(14-9-10-14)28(23)15-6-3-2-4-7-15/h2-8,11-14H,9-10H2,1H3,(H,24,25,29). The van der Waals surface area contributed by atoms with Crippen LogP contribution in [0.15, 0.2) is 63.2 Å². The quantitative estimate of drug-likeness (QED) is 0.302. The summed E-state index contributed by atoms with van der Waals surface area (Å²) < 4.78 is 2.15. The van der Waals surface area contributed by atoms with Gasteiger partial charge in [-0.1, -0.05) is 36.0 Å². The third kappa shape index (κ3) is 3.50. The van der Waals surface area contributed by atoms with E-state index in [4.69, 9.17) is 4.98 Å². The largest absolute Gasteiger partial charge is 0.309 e. The molecule has 1 N–H and O–H groups in total. The zero-order chi connectivity index (χ0) is 21.7. The maximum absolute atomic E-state index is 13.0. The van der Waals surface area contributed by atoms with Crippen LogP contribution in [0.3, 0.4) is 0 Å². The summed E-state index contributed by atoms with van der Waals surface area (Å²) in [5.74, 6) is 2.15. The number of benzene rings is 1. The van der Waals surface area contributed by atoms with E-state index in [-0.39, 0.29) is 10.8 Å². The number of rotatable bonds is 6. The van der Waals surface area contributed by atoms with E-state index in [1.54, 1.807) is 23.1 Å². The molecule has 0 saturated heterocycles. The highest BCUT2D eigenvalue weighted by molar-refractivity contribution is 7.99. The van der Waals surface area contributed by atoms with Gasteiger partial charge in [-0.05, 0) is 43.3 Å². The highest BCUT2D eigenvalue weighted by Gasteiger charge is 2.31. The van der Waals surface area contributed by atoms with E-state index in [9.17, 15) is 4.79 Å². The monoisotopic (exact) mass is 477 g/mol. The van der Waals surface area contributed by atoms with Crippen molar-refractivity contribution in [1.82, 2.24) is 24.7 Å². The van der Waals surface area contributed by atoms with Gasteiger partial charge < -0.3 is 4.98 Å². The van der Waals surface area contributed by atoms with Crippen LogP contribution < -0.4 is 5.56 Å². The van der Waals surface area contributed by atoms with Crippen molar-refractivity contribution in [3.63, 3.8) is 0 Å². The van der Waals surface area contributed by atoms with Crippen LogP contribution in [0.1, 0.15) is 42.6 Å². The molecule has 160 valence electrons. The first kappa shape index (κ1) is 19.9. The highest BCUT2D eigenvalue weighted by atomic mass is 32.2. The molecule has 5 aromatic rings. The van der Waals surface area contributed by atoms with Crippen LogP contribution in [-0.2, 0) is 0 Å². The number of hydrogen-bond donors (Lipinski definition) is 1. The Kier molecular flexibility index (Phi) is 4.97. The number of H-pyrrole nitrogens is 1. The first-order valence-corrected chi connectivity index (χ1v) is 13.1. The minimum absolute atomic E-state index is 0.0851. The molecular weight excluding hydrogens is 458 g/mol. The van der Waals surface area contributed by atoms with Gasteiger partial charge in [0.2, 0.25) is 0 Å². The van der Waals surface area contributed by atoms with Gasteiger partial charge in [-0.15, -0.1) is 32.9 Å². The Hall–Kier alpha value is -2.75. The maximum Gasteiger partial charge on any atom is 0.260 e. The van der Waals surface area contributed by atoms with Crippen molar-refractivity contribution in [3.8, 4) is 16.1 Å². The van der Waals surface area contributed by atoms with E-state index in [1.807, 2.05) is 48.0 Å². The third-order valence-electron chi connectivity index (χ3n) is 5.53. The summed E-state index contributed by atoms with van der Waals surface area (Å²) in [4.78, 5) is 22.7. The van der Waals surface area contributed by atoms with E-state index in [1.165, 1.54) is 11.3 Å². The van der Waals surface area contributed by atoms with Gasteiger partial charge in [-0.3, -0.25) is 9.36 Å². The van der Waals surface area contributed by atoms with Crippen LogP contribution in [0.5, 0.6) is 0 Å². The number of thiophene rings is 2. The summed E-state index contributed by atoms with van der Waals surface area (Å²) in [5, 5.41) is 14.4. The van der Waals surface area contributed by atoms with Gasteiger partial charge >= 0.3 is 0 Å². The van der Waals surface area contributed by atoms with Crippen molar-refractivity contribution in [1.29, 1.82) is 0 Å². The summed E-state index contributed by atoms with van der Waals surface area (Å²) in [6.07, 6.45) is 2.31. The third-order valence-corrected chi connectivity index (χ3v) is 8.36. The predicted molar refractivity (Wildman–Crippen MR) is 131 cm³/mol. The average molecular weight is 478 g/mol. The molecule has 0 spiro atoms. The Morgan fingerprint density at radius 1 is 1.12 bits per heavy atom. The highest BCUT2D eigenvalue weighted by Crippen LogP contribution is 2.43. The average Bonchev–Trinajstić information content (AvgIpc) is 3.18. The number of fused-ring (bicyclic) bond motifs is 1. The van der Waals surface area contributed by atoms with Crippen LogP contribution in [-0.4, -0.2) is 24.7 Å². The lowest BCUT2D eigenvalue weighted by atomic mass is 10.2. The van der Waals surface area contributed by atoms with Gasteiger partial charge in [0.1, 0.15) is 16.5 Å². The molecule has 0 radical (unpaired) electrons. The number of thioether (sulfide) groups is 1. The molecule has 1 aliphatic rings. The number of aromatic nitrogens is 5. The van der Waals surface area contributed by atoms with E-state index >= 15 is 0 Å². The number of para-hydroxylation sites is 1. The van der Waals surface area contributed by atoms with Gasteiger partial charge in [0.25, 0.3) is 5.56 Å². The van der Waals surface area contributed by atoms with Crippen LogP contribution in [0.4, 0.5) is 0 Å². The first-order chi connectivity index (χ1) is 15.7. The van der Waals surface area contributed by atoms with Gasteiger partial charge in [-0.25, -0.2) is 4.98 Å². The molecule has 1 aliphatic carbocycles. The lowest BCUT2D eigenvalue weighted by molar-refractivity contribution is 0.822. The normalized spacial score (nSPS) is 14.8. The Bertz CT molecular complexity index is 1450. The molecule has 1 saturated carbocycles. The molecule has 6 nitrogen and oxygen atoms in total. The molecule has 6 rings (SSSR count). The fourth-order valence-corrected chi connectivity index (χ4v) is 6.47. The second-order valence-corrected chi connectivity index (χ2v) is 10.9. The van der Waals surface area contributed by atoms with Crippen molar-refractivity contribution >= 4 is 44.7 Å². The number of hydrogen-bond acceptors (Lipinski definition) is 7. The molecule has 9 heteroatoms. The maximum atomic E-state index is 13.0. The Balaban J connectivity index is 1.36. The molecule has 0 bridgehead atoms. The first-order valence-electron chi connectivity index (χ1n) is 10.4. The zero-order valence-electron chi connectivity index (χ0n) is 17.2. The Labute approximate surface area is 196 Å². The van der Waals surface area contributed by atoms with Crippen LogP contribution in [0.25, 0.3) is 26.3 Å². The second kappa shape index (κ2) is 7.99. The molecule has 0 aliphatic heterocycles. The predicted octanol–water partition coefficient (Wildman–Crippen LogP) is 6.02. The molecule has 4 aromatic heterocycles. The van der Waals surface area contributed by atoms with Gasteiger partial charge in [0.15, 0.2) is 5.16 Å². The summed E-state index contributed by atoms with van der Waals surface area (Å²) in [5.41, 5.74) is 1.92. The fourth-order valence-electron chi connectivity index (χ4n) is 3.77. The summed E-state index contributed by atoms with van der Waals surface area (Å²) in [7, 11) is 0. The van der Waals surface area contributed by atoms with E-state index < -0.39 is 0 Å². The Morgan fingerprint density at radius 2 is 1.97 bits per heavy atom. The number of nitrogens with one attached hydrogen (secondary N) is 1. The molecule has 1 atom stereocenters. The van der Waals surface area contributed by atoms with Crippen molar-refractivity contribution < 1.29 is 0 Å². The lowest BCUT2D eigenvalue weighted by Gasteiger charge is -2.13. The molecule has 4 heterocycles. The minimum atomic E-state index is -0.0923. The van der Waals surface area contributed by atoms with Gasteiger partial charge in [-0.2, -0.15) is 0 Å². The van der Waals surface area contributed by atoms with Crippen LogP contribution in [0, 0.1) is 0 Å². The summed E-state index contributed by atoms with van der Waals surface area (Å²) in [6.45, 7) is 2.05. The number of aromatic amines is 1. The Morgan fingerprint density at radius 3 is 2.72 bits per heavy atom. The smallest absolute Gasteiger partial charge is 0.260 e.